The van der Waals surface area contributed by atoms with Crippen molar-refractivity contribution >= 4 is 17.5 Å². The fourth-order valence-electron chi connectivity index (χ4n) is 3.29. The number of aromatic nitrogens is 1. The number of anilines is 2. The Morgan fingerprint density at radius 1 is 1.19 bits per heavy atom. The van der Waals surface area contributed by atoms with Gasteiger partial charge in [-0.1, -0.05) is 6.07 Å². The number of ether oxygens (including phenoxy) is 1. The second-order valence-electron chi connectivity index (χ2n) is 7.38. The van der Waals surface area contributed by atoms with Crippen LogP contribution in [0.25, 0.3) is 0 Å². The van der Waals surface area contributed by atoms with Gasteiger partial charge in [-0.05, 0) is 50.6 Å². The molecule has 1 atom stereocenters. The van der Waals surface area contributed by atoms with Crippen molar-refractivity contribution in [3.8, 4) is 0 Å². The van der Waals surface area contributed by atoms with Crippen molar-refractivity contribution in [2.75, 3.05) is 5.32 Å². The van der Waals surface area contributed by atoms with Crippen molar-refractivity contribution in [3.63, 3.8) is 0 Å². The second-order valence-corrected chi connectivity index (χ2v) is 7.38. The molecule has 2 heterocycles. The fraction of sp³-hybridized carbons (Fsp3) is 0.368. The molecule has 0 spiro atoms. The average molecular weight is 382 g/mol. The van der Waals surface area contributed by atoms with Gasteiger partial charge in [-0.3, -0.25) is 4.79 Å². The molecule has 3 rings (SSSR count). The summed E-state index contributed by atoms with van der Waals surface area (Å²) >= 11 is 0. The first-order valence-corrected chi connectivity index (χ1v) is 8.25. The van der Waals surface area contributed by atoms with Gasteiger partial charge in [-0.2, -0.15) is 13.2 Å². The fourth-order valence-corrected chi connectivity index (χ4v) is 3.29. The lowest BCUT2D eigenvalue weighted by Crippen LogP contribution is -2.48. The Morgan fingerprint density at radius 3 is 2.52 bits per heavy atom. The summed E-state index contributed by atoms with van der Waals surface area (Å²) < 4.78 is 62.5. The monoisotopic (exact) mass is 382 g/mol. The van der Waals surface area contributed by atoms with Crippen LogP contribution in [0, 0.1) is 5.82 Å². The molecule has 1 aliphatic rings. The van der Waals surface area contributed by atoms with Crippen LogP contribution in [-0.2, 0) is 14.9 Å². The molecule has 1 aromatic heterocycles. The SMILES string of the molecule is CC(C)(C)OC(=O)CC1(C(F)(F)F)c2cc(F)ccc2Nc2ncccc21. The number of hydrogen-bond donors (Lipinski definition) is 1. The predicted octanol–water partition coefficient (Wildman–Crippen LogP) is 4.86. The van der Waals surface area contributed by atoms with E-state index in [1.807, 2.05) is 0 Å². The van der Waals surface area contributed by atoms with Gasteiger partial charge in [0.1, 0.15) is 22.7 Å². The molecule has 0 radical (unpaired) electrons. The van der Waals surface area contributed by atoms with Crippen molar-refractivity contribution in [2.45, 2.75) is 44.4 Å². The van der Waals surface area contributed by atoms with Crippen LogP contribution in [0.3, 0.4) is 0 Å². The highest BCUT2D eigenvalue weighted by Crippen LogP contribution is 2.55. The van der Waals surface area contributed by atoms with Crippen LogP contribution >= 0.6 is 0 Å². The summed E-state index contributed by atoms with van der Waals surface area (Å²) in [6.45, 7) is 4.70. The topological polar surface area (TPSA) is 51.2 Å². The summed E-state index contributed by atoms with van der Waals surface area (Å²) in [7, 11) is 0. The van der Waals surface area contributed by atoms with Crippen molar-refractivity contribution in [1.29, 1.82) is 0 Å². The number of nitrogens with one attached hydrogen (secondary N) is 1. The Bertz CT molecular complexity index is 890. The Kier molecular flexibility index (Phi) is 4.40. The van der Waals surface area contributed by atoms with Gasteiger partial charge < -0.3 is 10.1 Å². The number of rotatable bonds is 2. The Morgan fingerprint density at radius 2 is 1.89 bits per heavy atom. The molecule has 144 valence electrons. The smallest absolute Gasteiger partial charge is 0.403 e. The second kappa shape index (κ2) is 6.21. The summed E-state index contributed by atoms with van der Waals surface area (Å²) in [5.41, 5.74) is -4.31. The van der Waals surface area contributed by atoms with Crippen molar-refractivity contribution in [3.05, 3.63) is 53.5 Å². The molecule has 27 heavy (non-hydrogen) atoms. The molecule has 2 aromatic rings. The first kappa shape index (κ1) is 19.1. The van der Waals surface area contributed by atoms with E-state index in [-0.39, 0.29) is 22.6 Å². The van der Waals surface area contributed by atoms with E-state index in [1.54, 1.807) is 20.8 Å². The third kappa shape index (κ3) is 3.36. The maximum atomic E-state index is 14.5. The van der Waals surface area contributed by atoms with Crippen LogP contribution in [-0.4, -0.2) is 22.7 Å². The van der Waals surface area contributed by atoms with Gasteiger partial charge in [0.2, 0.25) is 0 Å². The molecule has 0 saturated heterocycles. The van der Waals surface area contributed by atoms with Crippen molar-refractivity contribution < 1.29 is 27.1 Å². The molecular formula is C19H18F4N2O2. The number of esters is 1. The quantitative estimate of drug-likeness (QED) is 0.595. The minimum absolute atomic E-state index is 0.0301. The Labute approximate surface area is 153 Å². The van der Waals surface area contributed by atoms with Crippen LogP contribution in [0.4, 0.5) is 29.1 Å². The highest BCUT2D eigenvalue weighted by molar-refractivity contribution is 5.80. The van der Waals surface area contributed by atoms with E-state index in [0.29, 0.717) is 0 Å². The average Bonchev–Trinajstić information content (AvgIpc) is 2.52. The number of carbonyl (C=O) groups is 1. The summed E-state index contributed by atoms with van der Waals surface area (Å²) in [5.74, 6) is -1.90. The van der Waals surface area contributed by atoms with E-state index in [2.05, 4.69) is 10.3 Å². The zero-order valence-electron chi connectivity index (χ0n) is 14.9. The van der Waals surface area contributed by atoms with Gasteiger partial charge in [0.05, 0.1) is 6.42 Å². The van der Waals surface area contributed by atoms with E-state index in [4.69, 9.17) is 4.74 Å². The third-order valence-electron chi connectivity index (χ3n) is 4.28. The summed E-state index contributed by atoms with van der Waals surface area (Å²) in [4.78, 5) is 16.4. The van der Waals surface area contributed by atoms with E-state index in [0.717, 1.165) is 12.1 Å². The summed E-state index contributed by atoms with van der Waals surface area (Å²) in [6, 6.07) is 5.64. The molecule has 1 unspecified atom stereocenters. The molecular weight excluding hydrogens is 364 g/mol. The highest BCUT2D eigenvalue weighted by atomic mass is 19.4. The number of alkyl halides is 3. The first-order valence-electron chi connectivity index (χ1n) is 8.25. The highest BCUT2D eigenvalue weighted by Gasteiger charge is 2.62. The molecule has 0 bridgehead atoms. The molecule has 1 aromatic carbocycles. The van der Waals surface area contributed by atoms with Crippen LogP contribution in [0.5, 0.6) is 0 Å². The molecule has 0 saturated carbocycles. The van der Waals surface area contributed by atoms with E-state index >= 15 is 0 Å². The van der Waals surface area contributed by atoms with Gasteiger partial charge in [-0.15, -0.1) is 0 Å². The molecule has 1 aliphatic heterocycles. The lowest BCUT2D eigenvalue weighted by Gasteiger charge is -2.41. The lowest BCUT2D eigenvalue weighted by atomic mass is 9.69. The van der Waals surface area contributed by atoms with Crippen LogP contribution in [0.15, 0.2) is 36.5 Å². The minimum Gasteiger partial charge on any atom is -0.460 e. The number of nitrogens with zero attached hydrogens (tertiary/aromatic N) is 1. The maximum Gasteiger partial charge on any atom is 0.403 e. The molecule has 0 fully saturated rings. The predicted molar refractivity (Wildman–Crippen MR) is 91.2 cm³/mol. The normalized spacial score (nSPS) is 18.9. The van der Waals surface area contributed by atoms with Crippen molar-refractivity contribution in [1.82, 2.24) is 4.98 Å². The number of carbonyl (C=O) groups excluding carboxylic acids is 1. The van der Waals surface area contributed by atoms with Gasteiger partial charge in [-0.25, -0.2) is 9.37 Å². The van der Waals surface area contributed by atoms with E-state index < -0.39 is 35.4 Å². The molecule has 8 heteroatoms. The molecule has 0 amide bonds. The number of benzene rings is 1. The van der Waals surface area contributed by atoms with Gasteiger partial charge in [0.15, 0.2) is 0 Å². The summed E-state index contributed by atoms with van der Waals surface area (Å²) in [6.07, 6.45) is -4.58. The van der Waals surface area contributed by atoms with Gasteiger partial charge in [0.25, 0.3) is 0 Å². The number of pyridine rings is 1. The molecule has 4 nitrogen and oxygen atoms in total. The zero-order chi connectivity index (χ0) is 20.0. The zero-order valence-corrected chi connectivity index (χ0v) is 14.9. The van der Waals surface area contributed by atoms with Crippen LogP contribution < -0.4 is 5.32 Å². The van der Waals surface area contributed by atoms with Gasteiger partial charge in [0, 0.05) is 17.4 Å². The van der Waals surface area contributed by atoms with E-state index in [1.165, 1.54) is 24.4 Å². The maximum absolute atomic E-state index is 14.5. The Hall–Kier alpha value is -2.64. The molecule has 0 aliphatic carbocycles. The van der Waals surface area contributed by atoms with E-state index in [9.17, 15) is 22.4 Å². The third-order valence-corrected chi connectivity index (χ3v) is 4.28. The number of hydrogen-bond acceptors (Lipinski definition) is 4. The summed E-state index contributed by atoms with van der Waals surface area (Å²) in [5, 5.41) is 2.79. The largest absolute Gasteiger partial charge is 0.460 e. The molecule has 1 N–H and O–H groups in total. The van der Waals surface area contributed by atoms with Crippen molar-refractivity contribution in [2.24, 2.45) is 0 Å². The lowest BCUT2D eigenvalue weighted by molar-refractivity contribution is -0.191. The first-order chi connectivity index (χ1) is 12.4. The minimum atomic E-state index is -4.90. The Balaban J connectivity index is 2.26. The number of halogens is 4. The number of fused-ring (bicyclic) bond motifs is 2. The standard InChI is InChI=1S/C19H18F4N2O2/c1-17(2,3)27-15(26)10-18(19(21,22)23)12-5-4-8-24-16(12)25-14-7-6-11(20)9-13(14)18/h4-9H,10H2,1-3H3,(H,24,25). The van der Waals surface area contributed by atoms with Gasteiger partial charge >= 0.3 is 12.1 Å². The van der Waals surface area contributed by atoms with Crippen LogP contribution in [0.1, 0.15) is 38.3 Å². The van der Waals surface area contributed by atoms with Crippen LogP contribution in [0.2, 0.25) is 0 Å².